The van der Waals surface area contributed by atoms with Crippen LogP contribution < -0.4 is 0 Å². The van der Waals surface area contributed by atoms with E-state index in [4.69, 9.17) is 0 Å². The molecular weight excluding hydrogens is 217 g/mol. The maximum absolute atomic E-state index is 12.5. The Hall–Kier alpha value is -1.27. The average Bonchev–Trinajstić information content (AvgIpc) is 2.28. The van der Waals surface area contributed by atoms with Gasteiger partial charge >= 0.3 is 12.0 Å². The van der Waals surface area contributed by atoms with Crippen molar-refractivity contribution in [2.75, 3.05) is 0 Å². The van der Waals surface area contributed by atoms with Crippen LogP contribution >= 0.6 is 0 Å². The molecule has 0 aromatic carbocycles. The summed E-state index contributed by atoms with van der Waals surface area (Å²) < 4.78 is 84.6. The molecule has 7 heteroatoms. The lowest BCUT2D eigenvalue weighted by Gasteiger charge is -2.06. The van der Waals surface area contributed by atoms with Gasteiger partial charge in [0.25, 0.3) is 0 Å². The van der Waals surface area contributed by atoms with Gasteiger partial charge in [0.15, 0.2) is 17.5 Å². The molecule has 0 unspecified atom stereocenters. The minimum absolute atomic E-state index is 0.302. The van der Waals surface area contributed by atoms with Crippen molar-refractivity contribution in [2.45, 2.75) is 5.92 Å². The molecule has 0 heterocycles. The fourth-order valence-electron chi connectivity index (χ4n) is 0.816. The van der Waals surface area contributed by atoms with E-state index in [0.717, 1.165) is 0 Å². The normalized spacial score (nSPS) is 19.8. The Kier molecular flexibility index (Phi) is 2.43. The second-order valence-electron chi connectivity index (χ2n) is 2.37. The van der Waals surface area contributed by atoms with Gasteiger partial charge < -0.3 is 0 Å². The van der Waals surface area contributed by atoms with Crippen LogP contribution in [0.25, 0.3) is 0 Å². The van der Waals surface area contributed by atoms with E-state index in [0.29, 0.717) is 0 Å². The molecule has 0 saturated carbocycles. The lowest BCUT2D eigenvalue weighted by molar-refractivity contribution is 0.0384. The molecule has 78 valence electrons. The van der Waals surface area contributed by atoms with Crippen molar-refractivity contribution in [3.05, 3.63) is 35.2 Å². The van der Waals surface area contributed by atoms with E-state index in [1.54, 1.807) is 0 Å². The predicted octanol–water partition coefficient (Wildman–Crippen LogP) is 3.79. The van der Waals surface area contributed by atoms with Gasteiger partial charge in [-0.2, -0.15) is 17.6 Å². The molecular formula is C7HF7. The summed E-state index contributed by atoms with van der Waals surface area (Å²) >= 11 is 0. The van der Waals surface area contributed by atoms with Gasteiger partial charge in [-0.3, -0.25) is 0 Å². The van der Waals surface area contributed by atoms with E-state index in [1.165, 1.54) is 0 Å². The van der Waals surface area contributed by atoms with E-state index >= 15 is 0 Å². The Morgan fingerprint density at radius 1 is 1.07 bits per heavy atom. The maximum atomic E-state index is 12.5. The molecule has 0 bridgehead atoms. The monoisotopic (exact) mass is 218 g/mol. The zero-order chi connectivity index (χ0) is 11.1. The first-order valence-corrected chi connectivity index (χ1v) is 3.15. The lowest BCUT2D eigenvalue weighted by atomic mass is 10.2. The fraction of sp³-hybridized carbons (Fsp3) is 0.143. The van der Waals surface area contributed by atoms with Crippen molar-refractivity contribution in [1.82, 2.24) is 0 Å². The van der Waals surface area contributed by atoms with Crippen LogP contribution in [0.1, 0.15) is 0 Å². The lowest BCUT2D eigenvalue weighted by Crippen LogP contribution is -2.14. The fourth-order valence-corrected chi connectivity index (χ4v) is 0.816. The van der Waals surface area contributed by atoms with E-state index in [9.17, 15) is 30.7 Å². The summed E-state index contributed by atoms with van der Waals surface area (Å²) in [5.41, 5.74) is -1.76. The molecule has 0 aromatic heterocycles. The van der Waals surface area contributed by atoms with Crippen molar-refractivity contribution < 1.29 is 30.7 Å². The van der Waals surface area contributed by atoms with Gasteiger partial charge in [-0.25, -0.2) is 13.2 Å². The molecule has 0 radical (unpaired) electrons. The molecule has 0 fully saturated rings. The number of halogens is 7. The number of rotatable bonds is 1. The second kappa shape index (κ2) is 3.14. The van der Waals surface area contributed by atoms with Gasteiger partial charge in [-0.15, -0.1) is 0 Å². The molecule has 0 amide bonds. The van der Waals surface area contributed by atoms with Crippen LogP contribution in [0.3, 0.4) is 0 Å². The van der Waals surface area contributed by atoms with E-state index < -0.39 is 35.1 Å². The third kappa shape index (κ3) is 1.42. The van der Waals surface area contributed by atoms with Crippen molar-refractivity contribution in [3.8, 4) is 0 Å². The van der Waals surface area contributed by atoms with Gasteiger partial charge in [-0.05, 0) is 6.08 Å². The molecule has 0 nitrogen and oxygen atoms in total. The summed E-state index contributed by atoms with van der Waals surface area (Å²) in [5.74, 6) is -12.0. The highest BCUT2D eigenvalue weighted by Gasteiger charge is 2.48. The van der Waals surface area contributed by atoms with Crippen LogP contribution in [-0.2, 0) is 0 Å². The smallest absolute Gasteiger partial charge is 0.205 e. The standard InChI is InChI=1S/C7HF7/c8-3-1-2(4(9)6(11)12)5(10)7(3,13)14/h1H. The summed E-state index contributed by atoms with van der Waals surface area (Å²) in [4.78, 5) is 0. The average molecular weight is 218 g/mol. The molecule has 0 spiro atoms. The van der Waals surface area contributed by atoms with E-state index in [2.05, 4.69) is 0 Å². The zero-order valence-corrected chi connectivity index (χ0v) is 6.22. The number of hydrogen-bond donors (Lipinski definition) is 0. The van der Waals surface area contributed by atoms with E-state index in [1.807, 2.05) is 0 Å². The highest BCUT2D eigenvalue weighted by molar-refractivity contribution is 5.49. The summed E-state index contributed by atoms with van der Waals surface area (Å²) in [5, 5.41) is 0. The van der Waals surface area contributed by atoms with Crippen LogP contribution in [0.5, 0.6) is 0 Å². The summed E-state index contributed by atoms with van der Waals surface area (Å²) in [7, 11) is 0. The minimum Gasteiger partial charge on any atom is -0.205 e. The SMILES string of the molecule is FC1=CC(C(F)=C(F)F)=C(F)C1(F)F. The van der Waals surface area contributed by atoms with Gasteiger partial charge in [0.2, 0.25) is 0 Å². The maximum Gasteiger partial charge on any atom is 0.350 e. The molecule has 0 N–H and O–H groups in total. The molecule has 1 aliphatic rings. The third-order valence-electron chi connectivity index (χ3n) is 1.49. The van der Waals surface area contributed by atoms with Crippen molar-refractivity contribution in [3.63, 3.8) is 0 Å². The quantitative estimate of drug-likeness (QED) is 0.587. The Morgan fingerprint density at radius 3 is 1.86 bits per heavy atom. The van der Waals surface area contributed by atoms with Crippen LogP contribution in [0.4, 0.5) is 30.7 Å². The first-order chi connectivity index (χ1) is 6.28. The highest BCUT2D eigenvalue weighted by atomic mass is 19.3. The van der Waals surface area contributed by atoms with Crippen LogP contribution in [0, 0.1) is 0 Å². The van der Waals surface area contributed by atoms with Crippen LogP contribution in [-0.4, -0.2) is 5.92 Å². The number of hydrogen-bond acceptors (Lipinski definition) is 0. The zero-order valence-electron chi connectivity index (χ0n) is 6.22. The molecule has 1 rings (SSSR count). The molecule has 0 aliphatic heterocycles. The first kappa shape index (κ1) is 10.8. The van der Waals surface area contributed by atoms with Gasteiger partial charge in [0, 0.05) is 0 Å². The molecule has 14 heavy (non-hydrogen) atoms. The van der Waals surface area contributed by atoms with E-state index in [-0.39, 0.29) is 6.08 Å². The summed E-state index contributed by atoms with van der Waals surface area (Å²) in [6, 6.07) is 0. The Balaban J connectivity index is 3.28. The Labute approximate surface area is 73.0 Å². The van der Waals surface area contributed by atoms with Crippen LogP contribution in [0.15, 0.2) is 35.2 Å². The van der Waals surface area contributed by atoms with Crippen molar-refractivity contribution in [1.29, 1.82) is 0 Å². The Morgan fingerprint density at radius 2 is 1.57 bits per heavy atom. The highest BCUT2D eigenvalue weighted by Crippen LogP contribution is 2.44. The molecule has 0 atom stereocenters. The largest absolute Gasteiger partial charge is 0.350 e. The first-order valence-electron chi connectivity index (χ1n) is 3.15. The summed E-state index contributed by atoms with van der Waals surface area (Å²) in [6.07, 6.45) is -3.29. The second-order valence-corrected chi connectivity index (χ2v) is 2.37. The van der Waals surface area contributed by atoms with Crippen molar-refractivity contribution >= 4 is 0 Å². The molecule has 1 aliphatic carbocycles. The predicted molar refractivity (Wildman–Crippen MR) is 32.6 cm³/mol. The van der Waals surface area contributed by atoms with Crippen LogP contribution in [0.2, 0.25) is 0 Å². The van der Waals surface area contributed by atoms with Crippen molar-refractivity contribution in [2.24, 2.45) is 0 Å². The Bertz CT molecular complexity index is 356. The molecule has 0 saturated heterocycles. The summed E-state index contributed by atoms with van der Waals surface area (Å²) in [6.45, 7) is 0. The topological polar surface area (TPSA) is 0 Å². The third-order valence-corrected chi connectivity index (χ3v) is 1.49. The van der Waals surface area contributed by atoms with Gasteiger partial charge in [0.05, 0.1) is 5.57 Å². The van der Waals surface area contributed by atoms with Gasteiger partial charge in [-0.1, -0.05) is 0 Å². The molecule has 0 aromatic rings. The number of allylic oxidation sites excluding steroid dienone is 5. The number of alkyl halides is 2. The van der Waals surface area contributed by atoms with Gasteiger partial charge in [0.1, 0.15) is 0 Å². The minimum atomic E-state index is -4.65.